The summed E-state index contributed by atoms with van der Waals surface area (Å²) < 4.78 is 0. The third kappa shape index (κ3) is 7.80. The summed E-state index contributed by atoms with van der Waals surface area (Å²) in [7, 11) is 0. The van der Waals surface area contributed by atoms with Crippen LogP contribution in [0.25, 0.3) is 0 Å². The number of hydrogen-bond acceptors (Lipinski definition) is 4. The third-order valence-corrected chi connectivity index (χ3v) is 3.83. The summed E-state index contributed by atoms with van der Waals surface area (Å²) in [5.74, 6) is -2.54. The molecule has 7 nitrogen and oxygen atoms in total. The zero-order chi connectivity index (χ0) is 18.8. The van der Waals surface area contributed by atoms with Crippen molar-refractivity contribution in [2.24, 2.45) is 5.92 Å². The van der Waals surface area contributed by atoms with Gasteiger partial charge >= 0.3 is 11.9 Å². The normalized spacial score (nSPS) is 13.2. The molecule has 1 rings (SSSR count). The first-order valence-corrected chi connectivity index (χ1v) is 8.33. The van der Waals surface area contributed by atoms with Gasteiger partial charge in [-0.3, -0.25) is 19.7 Å². The van der Waals surface area contributed by atoms with E-state index in [0.717, 1.165) is 5.56 Å². The van der Waals surface area contributed by atoms with Crippen LogP contribution in [0.2, 0.25) is 0 Å². The molecule has 138 valence electrons. The molecule has 0 radical (unpaired) electrons. The van der Waals surface area contributed by atoms with Gasteiger partial charge in [-0.05, 0) is 24.3 Å². The molecule has 1 aromatic rings. The van der Waals surface area contributed by atoms with Gasteiger partial charge in [-0.1, -0.05) is 44.2 Å². The second kappa shape index (κ2) is 10.5. The molecule has 7 heteroatoms. The number of nitrogens with one attached hydrogen (secondary N) is 2. The number of aliphatic carboxylic acids is 2. The Kier molecular flexibility index (Phi) is 8.63. The van der Waals surface area contributed by atoms with Crippen LogP contribution in [0.1, 0.15) is 32.3 Å². The average molecular weight is 350 g/mol. The van der Waals surface area contributed by atoms with Crippen LogP contribution in [-0.2, 0) is 20.8 Å². The van der Waals surface area contributed by atoms with Crippen LogP contribution in [-0.4, -0.2) is 46.7 Å². The van der Waals surface area contributed by atoms with Crippen LogP contribution in [0.15, 0.2) is 30.3 Å². The van der Waals surface area contributed by atoms with Gasteiger partial charge in [0.05, 0.1) is 12.5 Å². The lowest BCUT2D eigenvalue weighted by atomic mass is 9.99. The molecule has 0 aliphatic carbocycles. The Labute approximate surface area is 147 Å². The highest BCUT2D eigenvalue weighted by Gasteiger charge is 2.28. The highest BCUT2D eigenvalue weighted by atomic mass is 16.4. The van der Waals surface area contributed by atoms with Crippen molar-refractivity contribution in [1.29, 1.82) is 0 Å². The second-order valence-electron chi connectivity index (χ2n) is 6.24. The Morgan fingerprint density at radius 1 is 1.08 bits per heavy atom. The smallest absolute Gasteiger partial charge is 0.320 e. The molecule has 0 bridgehead atoms. The van der Waals surface area contributed by atoms with Crippen LogP contribution in [0.5, 0.6) is 0 Å². The van der Waals surface area contributed by atoms with E-state index in [-0.39, 0.29) is 24.8 Å². The quantitative estimate of drug-likeness (QED) is 0.478. The fourth-order valence-electron chi connectivity index (χ4n) is 2.42. The fraction of sp³-hybridized carbons (Fsp3) is 0.500. The molecule has 0 saturated carbocycles. The Balaban J connectivity index is 2.65. The molecule has 4 N–H and O–H groups in total. The van der Waals surface area contributed by atoms with E-state index >= 15 is 0 Å². The summed E-state index contributed by atoms with van der Waals surface area (Å²) in [4.78, 5) is 34.3. The first-order chi connectivity index (χ1) is 11.8. The predicted molar refractivity (Wildman–Crippen MR) is 93.2 cm³/mol. The van der Waals surface area contributed by atoms with Crippen molar-refractivity contribution in [3.05, 3.63) is 35.9 Å². The minimum absolute atomic E-state index is 0.0147. The SMILES string of the molecule is CC(C)[C@H](NC(CCc1ccccc1)C(=O)O)C(=O)NCCC(=O)O. The fourth-order valence-corrected chi connectivity index (χ4v) is 2.42. The van der Waals surface area contributed by atoms with Gasteiger partial charge in [0, 0.05) is 6.54 Å². The lowest BCUT2D eigenvalue weighted by Gasteiger charge is -2.25. The zero-order valence-corrected chi connectivity index (χ0v) is 14.6. The Morgan fingerprint density at radius 3 is 2.24 bits per heavy atom. The molecule has 0 fully saturated rings. The molecule has 2 atom stereocenters. The van der Waals surface area contributed by atoms with Crippen molar-refractivity contribution in [2.45, 2.75) is 45.2 Å². The van der Waals surface area contributed by atoms with Gasteiger partial charge in [0.25, 0.3) is 0 Å². The van der Waals surface area contributed by atoms with E-state index < -0.39 is 24.0 Å². The maximum absolute atomic E-state index is 12.2. The summed E-state index contributed by atoms with van der Waals surface area (Å²) in [6.45, 7) is 3.63. The number of amides is 1. The van der Waals surface area contributed by atoms with Gasteiger partial charge in [0.2, 0.25) is 5.91 Å². The minimum Gasteiger partial charge on any atom is -0.481 e. The molecule has 0 aromatic heterocycles. The van der Waals surface area contributed by atoms with Crippen LogP contribution in [0, 0.1) is 5.92 Å². The van der Waals surface area contributed by atoms with Gasteiger partial charge in [-0.15, -0.1) is 0 Å². The number of rotatable bonds is 11. The number of hydrogen-bond donors (Lipinski definition) is 4. The molecule has 1 amide bonds. The van der Waals surface area contributed by atoms with Crippen LogP contribution in [0.3, 0.4) is 0 Å². The van der Waals surface area contributed by atoms with E-state index in [1.54, 1.807) is 0 Å². The van der Waals surface area contributed by atoms with E-state index in [9.17, 15) is 19.5 Å². The number of benzene rings is 1. The van der Waals surface area contributed by atoms with Crippen molar-refractivity contribution < 1.29 is 24.6 Å². The molecule has 1 aromatic carbocycles. The van der Waals surface area contributed by atoms with Crippen molar-refractivity contribution in [3.63, 3.8) is 0 Å². The Bertz CT molecular complexity index is 574. The van der Waals surface area contributed by atoms with Gasteiger partial charge < -0.3 is 15.5 Å². The van der Waals surface area contributed by atoms with Crippen LogP contribution >= 0.6 is 0 Å². The van der Waals surface area contributed by atoms with Crippen LogP contribution in [0.4, 0.5) is 0 Å². The molecule has 0 aliphatic heterocycles. The number of aryl methyl sites for hydroxylation is 1. The van der Waals surface area contributed by atoms with E-state index in [0.29, 0.717) is 12.8 Å². The number of carboxylic acids is 2. The van der Waals surface area contributed by atoms with Crippen molar-refractivity contribution in [2.75, 3.05) is 6.54 Å². The maximum atomic E-state index is 12.2. The van der Waals surface area contributed by atoms with Gasteiger partial charge in [-0.25, -0.2) is 0 Å². The van der Waals surface area contributed by atoms with E-state index in [4.69, 9.17) is 5.11 Å². The number of carbonyl (C=O) groups excluding carboxylic acids is 1. The Hall–Kier alpha value is -2.41. The van der Waals surface area contributed by atoms with Gasteiger partial charge in [-0.2, -0.15) is 0 Å². The third-order valence-electron chi connectivity index (χ3n) is 3.83. The standard InChI is InChI=1S/C18H26N2O5/c1-12(2)16(17(23)19-11-10-15(21)22)20-14(18(24)25)9-8-13-6-4-3-5-7-13/h3-7,12,14,16,20H,8-11H2,1-2H3,(H,19,23)(H,21,22)(H,24,25)/t14?,16-/m0/s1. The largest absolute Gasteiger partial charge is 0.481 e. The van der Waals surface area contributed by atoms with Crippen molar-refractivity contribution >= 4 is 17.8 Å². The zero-order valence-electron chi connectivity index (χ0n) is 14.6. The first-order valence-electron chi connectivity index (χ1n) is 8.33. The molecule has 0 aliphatic rings. The molecule has 1 unspecified atom stereocenters. The second-order valence-corrected chi connectivity index (χ2v) is 6.24. The van der Waals surface area contributed by atoms with E-state index in [2.05, 4.69) is 10.6 Å². The highest BCUT2D eigenvalue weighted by molar-refractivity contribution is 5.83. The monoisotopic (exact) mass is 350 g/mol. The number of carboxylic acid groups (broad SMARTS) is 2. The number of carbonyl (C=O) groups is 3. The molecule has 0 spiro atoms. The van der Waals surface area contributed by atoms with E-state index in [1.165, 1.54) is 0 Å². The molecule has 0 heterocycles. The summed E-state index contributed by atoms with van der Waals surface area (Å²) in [6.07, 6.45) is 0.758. The summed E-state index contributed by atoms with van der Waals surface area (Å²) in [5.41, 5.74) is 1.03. The molecular weight excluding hydrogens is 324 g/mol. The van der Waals surface area contributed by atoms with Gasteiger partial charge in [0.1, 0.15) is 6.04 Å². The Morgan fingerprint density at radius 2 is 1.72 bits per heavy atom. The first kappa shape index (κ1) is 20.6. The lowest BCUT2D eigenvalue weighted by Crippen LogP contribution is -2.53. The maximum Gasteiger partial charge on any atom is 0.320 e. The summed E-state index contributed by atoms with van der Waals surface area (Å²) >= 11 is 0. The molecular formula is C18H26N2O5. The van der Waals surface area contributed by atoms with Crippen LogP contribution < -0.4 is 10.6 Å². The average Bonchev–Trinajstić information content (AvgIpc) is 2.54. The minimum atomic E-state index is -1.01. The summed E-state index contributed by atoms with van der Waals surface area (Å²) in [6, 6.07) is 7.97. The lowest BCUT2D eigenvalue weighted by molar-refractivity contribution is -0.140. The van der Waals surface area contributed by atoms with Crippen molar-refractivity contribution in [3.8, 4) is 0 Å². The topological polar surface area (TPSA) is 116 Å². The predicted octanol–water partition coefficient (Wildman–Crippen LogP) is 1.28. The summed E-state index contributed by atoms with van der Waals surface area (Å²) in [5, 5.41) is 23.5. The van der Waals surface area contributed by atoms with E-state index in [1.807, 2.05) is 44.2 Å². The van der Waals surface area contributed by atoms with Gasteiger partial charge in [0.15, 0.2) is 0 Å². The van der Waals surface area contributed by atoms with Crippen molar-refractivity contribution in [1.82, 2.24) is 10.6 Å². The molecule has 25 heavy (non-hydrogen) atoms. The highest BCUT2D eigenvalue weighted by Crippen LogP contribution is 2.09. The molecule has 0 saturated heterocycles.